The number of piperidine rings is 1. The second-order valence-electron chi connectivity index (χ2n) is 6.58. The molecule has 2 aromatic heterocycles. The fraction of sp³-hybridized carbons (Fsp3) is 0.316. The van der Waals surface area contributed by atoms with Gasteiger partial charge in [0, 0.05) is 11.6 Å². The number of anilines is 1. The van der Waals surface area contributed by atoms with Gasteiger partial charge in [0.15, 0.2) is 5.69 Å². The van der Waals surface area contributed by atoms with Crippen LogP contribution in [-0.2, 0) is 0 Å². The maximum absolute atomic E-state index is 12.6. The number of aromatic nitrogens is 4. The summed E-state index contributed by atoms with van der Waals surface area (Å²) in [7, 11) is 0. The van der Waals surface area contributed by atoms with Gasteiger partial charge in [0.2, 0.25) is 0 Å². The number of carbonyl (C=O) groups excluding carboxylic acids is 1. The third-order valence-corrected chi connectivity index (χ3v) is 4.87. The number of para-hydroxylation sites is 1. The van der Waals surface area contributed by atoms with Gasteiger partial charge in [-0.25, -0.2) is 4.68 Å². The molecule has 1 aliphatic rings. The first-order valence-corrected chi connectivity index (χ1v) is 8.90. The van der Waals surface area contributed by atoms with Crippen LogP contribution in [0.25, 0.3) is 5.69 Å². The van der Waals surface area contributed by atoms with Crippen LogP contribution in [0.1, 0.15) is 40.6 Å². The molecule has 1 aromatic carbocycles. The van der Waals surface area contributed by atoms with E-state index in [0.717, 1.165) is 43.0 Å². The van der Waals surface area contributed by atoms with Crippen molar-refractivity contribution in [2.45, 2.75) is 25.7 Å². The number of rotatable bonds is 4. The van der Waals surface area contributed by atoms with E-state index in [4.69, 9.17) is 0 Å². The average molecular weight is 350 g/mol. The van der Waals surface area contributed by atoms with Gasteiger partial charge in [-0.2, -0.15) is 10.2 Å². The first kappa shape index (κ1) is 16.5. The van der Waals surface area contributed by atoms with Crippen molar-refractivity contribution in [3.05, 3.63) is 59.7 Å². The van der Waals surface area contributed by atoms with E-state index in [9.17, 15) is 4.79 Å². The number of hydrogen-bond acceptors (Lipinski definition) is 4. The summed E-state index contributed by atoms with van der Waals surface area (Å²) in [6.45, 7) is 3.94. The van der Waals surface area contributed by atoms with E-state index in [1.165, 1.54) is 0 Å². The van der Waals surface area contributed by atoms with Gasteiger partial charge in [-0.1, -0.05) is 18.2 Å². The largest absolute Gasteiger partial charge is 0.318 e. The average Bonchev–Trinajstić information content (AvgIpc) is 3.31. The van der Waals surface area contributed by atoms with E-state index in [1.54, 1.807) is 10.9 Å². The molecule has 7 heteroatoms. The summed E-state index contributed by atoms with van der Waals surface area (Å²) < 4.78 is 1.81. The summed E-state index contributed by atoms with van der Waals surface area (Å²) in [5.41, 5.74) is 3.96. The van der Waals surface area contributed by atoms with Crippen LogP contribution in [0.2, 0.25) is 0 Å². The van der Waals surface area contributed by atoms with Crippen LogP contribution in [0.5, 0.6) is 0 Å². The topological polar surface area (TPSA) is 87.6 Å². The highest BCUT2D eigenvalue weighted by molar-refractivity contribution is 6.03. The molecule has 0 atom stereocenters. The Morgan fingerprint density at radius 2 is 2.00 bits per heavy atom. The number of H-pyrrole nitrogens is 1. The Kier molecular flexibility index (Phi) is 4.53. The van der Waals surface area contributed by atoms with Crippen molar-refractivity contribution in [3.8, 4) is 5.69 Å². The van der Waals surface area contributed by atoms with Crippen LogP contribution in [-0.4, -0.2) is 39.0 Å². The summed E-state index contributed by atoms with van der Waals surface area (Å²) in [5.74, 6) is 0.213. The van der Waals surface area contributed by atoms with Gasteiger partial charge >= 0.3 is 0 Å². The maximum atomic E-state index is 12.6. The predicted molar refractivity (Wildman–Crippen MR) is 99.7 cm³/mol. The lowest BCUT2D eigenvalue weighted by atomic mass is 9.94. The molecule has 4 rings (SSSR count). The van der Waals surface area contributed by atoms with Gasteiger partial charge < -0.3 is 10.6 Å². The lowest BCUT2D eigenvalue weighted by Crippen LogP contribution is -2.26. The van der Waals surface area contributed by atoms with E-state index >= 15 is 0 Å². The van der Waals surface area contributed by atoms with Crippen molar-refractivity contribution in [2.75, 3.05) is 18.4 Å². The van der Waals surface area contributed by atoms with Gasteiger partial charge in [-0.05, 0) is 51.1 Å². The summed E-state index contributed by atoms with van der Waals surface area (Å²) in [4.78, 5) is 12.6. The Morgan fingerprint density at radius 3 is 2.77 bits per heavy atom. The van der Waals surface area contributed by atoms with Crippen molar-refractivity contribution < 1.29 is 4.79 Å². The van der Waals surface area contributed by atoms with Crippen LogP contribution in [0.3, 0.4) is 0 Å². The van der Waals surface area contributed by atoms with Gasteiger partial charge in [0.25, 0.3) is 5.91 Å². The van der Waals surface area contributed by atoms with Crippen LogP contribution in [0.4, 0.5) is 5.69 Å². The molecule has 0 bridgehead atoms. The third kappa shape index (κ3) is 3.25. The first-order valence-electron chi connectivity index (χ1n) is 8.90. The molecule has 26 heavy (non-hydrogen) atoms. The molecule has 7 nitrogen and oxygen atoms in total. The first-order chi connectivity index (χ1) is 12.7. The minimum Gasteiger partial charge on any atom is -0.318 e. The monoisotopic (exact) mass is 350 g/mol. The second-order valence-corrected chi connectivity index (χ2v) is 6.58. The van der Waals surface area contributed by atoms with E-state index in [0.29, 0.717) is 17.3 Å². The molecule has 3 aromatic rings. The molecule has 1 aliphatic heterocycles. The summed E-state index contributed by atoms with van der Waals surface area (Å²) in [5, 5.41) is 17.9. The molecule has 1 saturated heterocycles. The van der Waals surface area contributed by atoms with Crippen molar-refractivity contribution in [2.24, 2.45) is 0 Å². The molecule has 0 unspecified atom stereocenters. The molecule has 0 radical (unpaired) electrons. The Labute approximate surface area is 151 Å². The number of amides is 1. The molecule has 1 amide bonds. The number of nitrogens with one attached hydrogen (secondary N) is 3. The van der Waals surface area contributed by atoms with Crippen molar-refractivity contribution >= 4 is 11.6 Å². The zero-order valence-corrected chi connectivity index (χ0v) is 14.7. The highest BCUT2D eigenvalue weighted by Gasteiger charge is 2.20. The SMILES string of the molecule is Cc1c(NC(=O)c2cc(C3CCNCC3)[nH]n2)cnn1-c1ccccc1. The van der Waals surface area contributed by atoms with Crippen molar-refractivity contribution in [3.63, 3.8) is 0 Å². The normalized spacial score (nSPS) is 15.1. The fourth-order valence-electron chi connectivity index (χ4n) is 3.34. The number of hydrogen-bond donors (Lipinski definition) is 3. The molecular formula is C19H22N6O. The zero-order valence-electron chi connectivity index (χ0n) is 14.7. The Bertz CT molecular complexity index is 892. The number of aromatic amines is 1. The van der Waals surface area contributed by atoms with Gasteiger partial charge in [0.05, 0.1) is 23.3 Å². The molecule has 3 heterocycles. The Hall–Kier alpha value is -2.93. The number of carbonyl (C=O) groups is 1. The number of nitrogens with zero attached hydrogens (tertiary/aromatic N) is 3. The van der Waals surface area contributed by atoms with Crippen LogP contribution >= 0.6 is 0 Å². The molecule has 0 aliphatic carbocycles. The van der Waals surface area contributed by atoms with Gasteiger partial charge in [-0.15, -0.1) is 0 Å². The number of benzene rings is 1. The van der Waals surface area contributed by atoms with Gasteiger partial charge in [-0.3, -0.25) is 9.89 Å². The maximum Gasteiger partial charge on any atom is 0.276 e. The van der Waals surface area contributed by atoms with Crippen molar-refractivity contribution in [1.82, 2.24) is 25.3 Å². The zero-order chi connectivity index (χ0) is 17.9. The second kappa shape index (κ2) is 7.13. The fourth-order valence-corrected chi connectivity index (χ4v) is 3.34. The molecular weight excluding hydrogens is 328 g/mol. The van der Waals surface area contributed by atoms with E-state index in [2.05, 4.69) is 25.9 Å². The molecule has 134 valence electrons. The Balaban J connectivity index is 1.49. The summed E-state index contributed by atoms with van der Waals surface area (Å²) >= 11 is 0. The summed E-state index contributed by atoms with van der Waals surface area (Å²) in [6, 6.07) is 11.7. The molecule has 0 spiro atoms. The van der Waals surface area contributed by atoms with Gasteiger partial charge in [0.1, 0.15) is 0 Å². The highest BCUT2D eigenvalue weighted by atomic mass is 16.1. The molecule has 3 N–H and O–H groups in total. The van der Waals surface area contributed by atoms with E-state index < -0.39 is 0 Å². The minimum absolute atomic E-state index is 0.225. The van der Waals surface area contributed by atoms with E-state index in [1.807, 2.05) is 43.3 Å². The Morgan fingerprint density at radius 1 is 1.23 bits per heavy atom. The summed E-state index contributed by atoms with van der Waals surface area (Å²) in [6.07, 6.45) is 3.79. The lowest BCUT2D eigenvalue weighted by molar-refractivity contribution is 0.102. The standard InChI is InChI=1S/C19H22N6O/c1-13-18(12-21-25(13)15-5-3-2-4-6-15)22-19(26)17-11-16(23-24-17)14-7-9-20-10-8-14/h2-6,11-12,14,20H,7-10H2,1H3,(H,22,26)(H,23,24). The minimum atomic E-state index is -0.225. The van der Waals surface area contributed by atoms with Crippen LogP contribution in [0.15, 0.2) is 42.6 Å². The quantitative estimate of drug-likeness (QED) is 0.675. The molecule has 1 fully saturated rings. The molecule has 0 saturated carbocycles. The lowest BCUT2D eigenvalue weighted by Gasteiger charge is -2.20. The third-order valence-electron chi connectivity index (χ3n) is 4.87. The highest BCUT2D eigenvalue weighted by Crippen LogP contribution is 2.24. The van der Waals surface area contributed by atoms with Crippen molar-refractivity contribution in [1.29, 1.82) is 0 Å². The van der Waals surface area contributed by atoms with E-state index in [-0.39, 0.29) is 5.91 Å². The van der Waals surface area contributed by atoms with Crippen LogP contribution in [0, 0.1) is 6.92 Å². The van der Waals surface area contributed by atoms with Crippen LogP contribution < -0.4 is 10.6 Å². The smallest absolute Gasteiger partial charge is 0.276 e. The predicted octanol–water partition coefficient (Wildman–Crippen LogP) is 2.62.